The Morgan fingerprint density at radius 1 is 1.47 bits per heavy atom. The van der Waals surface area contributed by atoms with E-state index in [1.807, 2.05) is 13.2 Å². The Balaban J connectivity index is 2.75. The highest BCUT2D eigenvalue weighted by Crippen LogP contribution is 2.17. The van der Waals surface area contributed by atoms with Crippen molar-refractivity contribution >= 4 is 39.6 Å². The molecule has 0 heterocycles. The molecule has 6 heteroatoms. The van der Waals surface area contributed by atoms with E-state index in [0.29, 0.717) is 17.7 Å². The van der Waals surface area contributed by atoms with Crippen molar-refractivity contribution < 1.29 is 14.7 Å². The Labute approximate surface area is 125 Å². The van der Waals surface area contributed by atoms with Gasteiger partial charge >= 0.3 is 5.97 Å². The van der Waals surface area contributed by atoms with Crippen molar-refractivity contribution in [3.8, 4) is 0 Å². The molecule has 0 saturated carbocycles. The lowest BCUT2D eigenvalue weighted by Crippen LogP contribution is -2.41. The van der Waals surface area contributed by atoms with Crippen LogP contribution < -0.4 is 5.32 Å². The number of nitrogens with one attached hydrogen (secondary N) is 1. The summed E-state index contributed by atoms with van der Waals surface area (Å²) in [5.74, 6) is -0.670. The van der Waals surface area contributed by atoms with Gasteiger partial charge in [-0.05, 0) is 49.1 Å². The first-order valence-electron chi connectivity index (χ1n) is 5.74. The average Bonchev–Trinajstić information content (AvgIpc) is 2.37. The molecule has 0 saturated heterocycles. The number of amides is 1. The maximum Gasteiger partial charge on any atom is 0.326 e. The van der Waals surface area contributed by atoms with Gasteiger partial charge in [0.05, 0.1) is 0 Å². The van der Waals surface area contributed by atoms with Crippen LogP contribution in [-0.2, 0) is 4.79 Å². The smallest absolute Gasteiger partial charge is 0.326 e. The number of carbonyl (C=O) groups is 2. The second kappa shape index (κ2) is 7.55. The highest BCUT2D eigenvalue weighted by atomic mass is 79.9. The van der Waals surface area contributed by atoms with Crippen LogP contribution in [0.4, 0.5) is 0 Å². The van der Waals surface area contributed by atoms with Crippen LogP contribution >= 0.6 is 27.7 Å². The third kappa shape index (κ3) is 4.87. The molecule has 0 aliphatic heterocycles. The fourth-order valence-corrected chi connectivity index (χ4v) is 2.24. The van der Waals surface area contributed by atoms with E-state index in [-0.39, 0.29) is 5.91 Å². The molecule has 0 aliphatic carbocycles. The summed E-state index contributed by atoms with van der Waals surface area (Å²) in [6, 6.07) is 4.33. The highest BCUT2D eigenvalue weighted by molar-refractivity contribution is 9.10. The van der Waals surface area contributed by atoms with Gasteiger partial charge in [0.2, 0.25) is 0 Å². The lowest BCUT2D eigenvalue weighted by molar-refractivity contribution is -0.139. The molecule has 0 aliphatic rings. The summed E-state index contributed by atoms with van der Waals surface area (Å²) in [7, 11) is 0. The number of carboxylic acid groups (broad SMARTS) is 1. The topological polar surface area (TPSA) is 66.4 Å². The fourth-order valence-electron chi connectivity index (χ4n) is 1.52. The van der Waals surface area contributed by atoms with Crippen LogP contribution in [-0.4, -0.2) is 35.0 Å². The van der Waals surface area contributed by atoms with E-state index in [1.54, 1.807) is 30.0 Å². The number of carbonyl (C=O) groups excluding carboxylic acids is 1. The van der Waals surface area contributed by atoms with Crippen molar-refractivity contribution in [1.29, 1.82) is 0 Å². The van der Waals surface area contributed by atoms with Crippen LogP contribution in [0.5, 0.6) is 0 Å². The molecule has 1 rings (SSSR count). The molecule has 104 valence electrons. The maximum absolute atomic E-state index is 12.0. The molecule has 1 aromatic carbocycles. The van der Waals surface area contributed by atoms with Crippen LogP contribution in [0.1, 0.15) is 22.3 Å². The Morgan fingerprint density at radius 3 is 2.68 bits per heavy atom. The quantitative estimate of drug-likeness (QED) is 0.831. The lowest BCUT2D eigenvalue weighted by atomic mass is 10.1. The number of hydrogen-bond acceptors (Lipinski definition) is 3. The number of aliphatic carboxylic acids is 1. The van der Waals surface area contributed by atoms with E-state index in [4.69, 9.17) is 5.11 Å². The monoisotopic (exact) mass is 345 g/mol. The van der Waals surface area contributed by atoms with Gasteiger partial charge in [0.1, 0.15) is 6.04 Å². The molecular weight excluding hydrogens is 330 g/mol. The van der Waals surface area contributed by atoms with Crippen molar-refractivity contribution in [3.63, 3.8) is 0 Å². The van der Waals surface area contributed by atoms with E-state index in [9.17, 15) is 9.59 Å². The fraction of sp³-hybridized carbons (Fsp3) is 0.385. The van der Waals surface area contributed by atoms with Crippen molar-refractivity contribution in [2.45, 2.75) is 19.4 Å². The Hall–Kier alpha value is -1.01. The van der Waals surface area contributed by atoms with Gasteiger partial charge in [-0.3, -0.25) is 4.79 Å². The molecule has 1 aromatic rings. The van der Waals surface area contributed by atoms with Gasteiger partial charge in [-0.1, -0.05) is 15.9 Å². The number of benzene rings is 1. The van der Waals surface area contributed by atoms with Gasteiger partial charge in [-0.2, -0.15) is 11.8 Å². The summed E-state index contributed by atoms with van der Waals surface area (Å²) in [4.78, 5) is 23.1. The molecule has 1 amide bonds. The summed E-state index contributed by atoms with van der Waals surface area (Å²) in [5.41, 5.74) is 1.40. The molecule has 0 aromatic heterocycles. The van der Waals surface area contributed by atoms with Crippen LogP contribution in [0.25, 0.3) is 0 Å². The van der Waals surface area contributed by atoms with Gasteiger partial charge in [0.15, 0.2) is 0 Å². The predicted molar refractivity (Wildman–Crippen MR) is 80.8 cm³/mol. The number of hydrogen-bond donors (Lipinski definition) is 2. The molecule has 0 bridgehead atoms. The number of thioether (sulfide) groups is 1. The molecule has 1 unspecified atom stereocenters. The summed E-state index contributed by atoms with van der Waals surface area (Å²) in [6.45, 7) is 1.88. The van der Waals surface area contributed by atoms with Crippen molar-refractivity contribution in [2.24, 2.45) is 0 Å². The van der Waals surface area contributed by atoms with Gasteiger partial charge in [0.25, 0.3) is 5.91 Å². The zero-order chi connectivity index (χ0) is 14.4. The summed E-state index contributed by atoms with van der Waals surface area (Å²) in [5, 5.41) is 11.6. The molecule has 0 spiro atoms. The van der Waals surface area contributed by atoms with Gasteiger partial charge in [-0.15, -0.1) is 0 Å². The molecular formula is C13H16BrNO3S. The van der Waals surface area contributed by atoms with Crippen molar-refractivity contribution in [2.75, 3.05) is 12.0 Å². The predicted octanol–water partition coefficient (Wildman–Crippen LogP) is 2.69. The number of rotatable bonds is 6. The first-order valence-corrected chi connectivity index (χ1v) is 7.93. The van der Waals surface area contributed by atoms with Crippen LogP contribution in [0.2, 0.25) is 0 Å². The Kier molecular flexibility index (Phi) is 6.37. The summed E-state index contributed by atoms with van der Waals surface area (Å²) >= 11 is 4.91. The minimum absolute atomic E-state index is 0.357. The number of carboxylic acids is 1. The third-order valence-electron chi connectivity index (χ3n) is 2.63. The van der Waals surface area contributed by atoms with E-state index >= 15 is 0 Å². The summed E-state index contributed by atoms with van der Waals surface area (Å²) < 4.78 is 0.918. The van der Waals surface area contributed by atoms with Crippen LogP contribution in [0, 0.1) is 6.92 Å². The third-order valence-corrected chi connectivity index (χ3v) is 4.17. The van der Waals surface area contributed by atoms with Gasteiger partial charge < -0.3 is 10.4 Å². The Bertz CT molecular complexity index is 479. The van der Waals surface area contributed by atoms with E-state index in [2.05, 4.69) is 21.2 Å². The Morgan fingerprint density at radius 2 is 2.16 bits per heavy atom. The van der Waals surface area contributed by atoms with Gasteiger partial charge in [-0.25, -0.2) is 4.79 Å². The van der Waals surface area contributed by atoms with Crippen molar-refractivity contribution in [3.05, 3.63) is 33.8 Å². The lowest BCUT2D eigenvalue weighted by Gasteiger charge is -2.14. The first kappa shape index (κ1) is 16.0. The van der Waals surface area contributed by atoms with Crippen LogP contribution in [0.3, 0.4) is 0 Å². The highest BCUT2D eigenvalue weighted by Gasteiger charge is 2.20. The van der Waals surface area contributed by atoms with E-state index < -0.39 is 12.0 Å². The second-order valence-electron chi connectivity index (χ2n) is 4.11. The second-order valence-corrected chi connectivity index (χ2v) is 5.95. The van der Waals surface area contributed by atoms with Gasteiger partial charge in [0, 0.05) is 10.0 Å². The first-order chi connectivity index (χ1) is 8.95. The number of halogens is 1. The zero-order valence-corrected chi connectivity index (χ0v) is 13.2. The minimum atomic E-state index is -1.00. The minimum Gasteiger partial charge on any atom is -0.480 e. The average molecular weight is 346 g/mol. The van der Waals surface area contributed by atoms with Crippen molar-refractivity contribution in [1.82, 2.24) is 5.32 Å². The molecule has 0 radical (unpaired) electrons. The largest absolute Gasteiger partial charge is 0.480 e. The molecule has 19 heavy (non-hydrogen) atoms. The molecule has 4 nitrogen and oxygen atoms in total. The van der Waals surface area contributed by atoms with E-state index in [1.165, 1.54) is 0 Å². The number of aryl methyl sites for hydroxylation is 1. The SMILES string of the molecule is CSCCC(NC(=O)c1ccc(Br)c(C)c1)C(=O)O. The molecule has 0 fully saturated rings. The van der Waals surface area contributed by atoms with Crippen LogP contribution in [0.15, 0.2) is 22.7 Å². The normalized spacial score (nSPS) is 11.9. The standard InChI is InChI=1S/C13H16BrNO3S/c1-8-7-9(3-4-10(8)14)12(16)15-11(13(17)18)5-6-19-2/h3-4,7,11H,5-6H2,1-2H3,(H,15,16)(H,17,18). The van der Waals surface area contributed by atoms with E-state index in [0.717, 1.165) is 10.0 Å². The molecule has 2 N–H and O–H groups in total. The summed E-state index contributed by atoms with van der Waals surface area (Å²) in [6.07, 6.45) is 2.32. The maximum atomic E-state index is 12.0. The zero-order valence-electron chi connectivity index (χ0n) is 10.8. The molecule has 1 atom stereocenters.